The fraction of sp³-hybridized carbons (Fsp3) is 0.769. The number of carbonyl (C=O) groups is 2. The lowest BCUT2D eigenvalue weighted by Gasteiger charge is -2.15. The van der Waals surface area contributed by atoms with Gasteiger partial charge in [0.1, 0.15) is 6.61 Å². The molecular weight excluding hydrogens is 705 g/mol. The molecular formula is C52H92O5. The van der Waals surface area contributed by atoms with E-state index in [1.165, 1.54) is 141 Å². The molecule has 0 aliphatic heterocycles. The summed E-state index contributed by atoms with van der Waals surface area (Å²) in [7, 11) is 0. The van der Waals surface area contributed by atoms with E-state index < -0.39 is 6.10 Å². The SMILES string of the molecule is CC/C=C\C/C=C\C/C=C\C/C=C\C/C=C\CCCCCCCCCCCCCCCCCCCC(=O)OC(CO)COC(=O)CCCCCCCCCCCC. The van der Waals surface area contributed by atoms with Crippen LogP contribution in [0.1, 0.15) is 239 Å². The number of hydrogen-bond acceptors (Lipinski definition) is 5. The van der Waals surface area contributed by atoms with Crippen molar-refractivity contribution in [1.29, 1.82) is 0 Å². The molecule has 5 heteroatoms. The molecule has 0 aliphatic rings. The average molecular weight is 797 g/mol. The molecule has 0 amide bonds. The summed E-state index contributed by atoms with van der Waals surface area (Å²) in [6.45, 7) is 4.02. The molecule has 0 fully saturated rings. The molecule has 0 radical (unpaired) electrons. The first-order valence-corrected chi connectivity index (χ1v) is 24.3. The van der Waals surface area contributed by atoms with Crippen molar-refractivity contribution in [3.63, 3.8) is 0 Å². The summed E-state index contributed by atoms with van der Waals surface area (Å²) in [5.41, 5.74) is 0. The number of unbranched alkanes of at least 4 members (excludes halogenated alkanes) is 26. The van der Waals surface area contributed by atoms with Crippen LogP contribution >= 0.6 is 0 Å². The van der Waals surface area contributed by atoms with Gasteiger partial charge in [-0.05, 0) is 57.8 Å². The number of aliphatic hydroxyl groups excluding tert-OH is 1. The Morgan fingerprint density at radius 3 is 1.14 bits per heavy atom. The van der Waals surface area contributed by atoms with Crippen LogP contribution < -0.4 is 0 Å². The van der Waals surface area contributed by atoms with Gasteiger partial charge in [0.25, 0.3) is 0 Å². The summed E-state index contributed by atoms with van der Waals surface area (Å²) in [5, 5.41) is 9.57. The van der Waals surface area contributed by atoms with Crippen LogP contribution in [0.3, 0.4) is 0 Å². The topological polar surface area (TPSA) is 72.8 Å². The van der Waals surface area contributed by atoms with Gasteiger partial charge in [-0.15, -0.1) is 0 Å². The predicted molar refractivity (Wildman–Crippen MR) is 247 cm³/mol. The Kier molecular flexibility index (Phi) is 46.0. The van der Waals surface area contributed by atoms with Crippen molar-refractivity contribution in [1.82, 2.24) is 0 Å². The maximum atomic E-state index is 12.2. The van der Waals surface area contributed by atoms with Gasteiger partial charge < -0.3 is 14.6 Å². The minimum absolute atomic E-state index is 0.0628. The zero-order valence-electron chi connectivity index (χ0n) is 37.6. The van der Waals surface area contributed by atoms with Crippen molar-refractivity contribution in [2.75, 3.05) is 13.2 Å². The Morgan fingerprint density at radius 2 is 0.754 bits per heavy atom. The van der Waals surface area contributed by atoms with Crippen LogP contribution in [0.2, 0.25) is 0 Å². The largest absolute Gasteiger partial charge is 0.462 e. The highest BCUT2D eigenvalue weighted by Gasteiger charge is 2.16. The summed E-state index contributed by atoms with van der Waals surface area (Å²) in [6, 6.07) is 0. The third kappa shape index (κ3) is 46.2. The fourth-order valence-electron chi connectivity index (χ4n) is 6.94. The molecule has 5 nitrogen and oxygen atoms in total. The first kappa shape index (κ1) is 54.6. The molecule has 0 aromatic rings. The van der Waals surface area contributed by atoms with Gasteiger partial charge in [-0.25, -0.2) is 0 Å². The summed E-state index contributed by atoms with van der Waals surface area (Å²) in [4.78, 5) is 24.3. The normalized spacial score (nSPS) is 12.7. The van der Waals surface area contributed by atoms with Crippen LogP contribution in [0.5, 0.6) is 0 Å². The number of aliphatic hydroxyl groups is 1. The quantitative estimate of drug-likeness (QED) is 0.0378. The molecule has 0 saturated carbocycles. The molecule has 1 atom stereocenters. The van der Waals surface area contributed by atoms with Crippen molar-refractivity contribution >= 4 is 11.9 Å². The van der Waals surface area contributed by atoms with E-state index >= 15 is 0 Å². The molecule has 0 spiro atoms. The van der Waals surface area contributed by atoms with Crippen LogP contribution in [-0.2, 0) is 19.1 Å². The lowest BCUT2D eigenvalue weighted by molar-refractivity contribution is -0.161. The summed E-state index contributed by atoms with van der Waals surface area (Å²) >= 11 is 0. The lowest BCUT2D eigenvalue weighted by atomic mass is 10.0. The van der Waals surface area contributed by atoms with Crippen molar-refractivity contribution in [3.8, 4) is 0 Å². The molecule has 57 heavy (non-hydrogen) atoms. The zero-order chi connectivity index (χ0) is 41.4. The summed E-state index contributed by atoms with van der Waals surface area (Å²) < 4.78 is 10.6. The number of hydrogen-bond donors (Lipinski definition) is 1. The molecule has 0 aromatic carbocycles. The lowest BCUT2D eigenvalue weighted by Crippen LogP contribution is -2.28. The molecule has 1 N–H and O–H groups in total. The predicted octanol–water partition coefficient (Wildman–Crippen LogP) is 15.9. The minimum Gasteiger partial charge on any atom is -0.462 e. The van der Waals surface area contributed by atoms with Crippen molar-refractivity contribution in [3.05, 3.63) is 60.8 Å². The fourth-order valence-corrected chi connectivity index (χ4v) is 6.94. The molecule has 0 rings (SSSR count). The average Bonchev–Trinajstić information content (AvgIpc) is 3.21. The molecule has 0 saturated heterocycles. The smallest absolute Gasteiger partial charge is 0.306 e. The molecule has 330 valence electrons. The minimum atomic E-state index is -0.768. The molecule has 0 bridgehead atoms. The second-order valence-electron chi connectivity index (χ2n) is 16.2. The van der Waals surface area contributed by atoms with Gasteiger partial charge in [0.2, 0.25) is 0 Å². The van der Waals surface area contributed by atoms with E-state index in [1.807, 2.05) is 0 Å². The number of ether oxygens (including phenoxy) is 2. The number of rotatable bonds is 44. The standard InChI is InChI=1S/C52H92O5/c1-3-5-7-9-11-13-15-16-17-18-19-20-21-22-23-24-25-26-27-28-29-30-31-32-33-34-35-36-37-39-41-43-45-47-52(55)57-50(48-53)49-56-51(54)46-44-42-40-38-14-12-10-8-6-4-2/h5,7,11,13,16-17,19-20,22-23,50,53H,3-4,6,8-10,12,14-15,18,21,24-49H2,1-2H3/b7-5-,13-11-,17-16-,20-19-,23-22-. The van der Waals surface area contributed by atoms with Crippen LogP contribution in [0.4, 0.5) is 0 Å². The Morgan fingerprint density at radius 1 is 0.421 bits per heavy atom. The monoisotopic (exact) mass is 797 g/mol. The number of esters is 2. The van der Waals surface area contributed by atoms with Gasteiger partial charge >= 0.3 is 11.9 Å². The maximum absolute atomic E-state index is 12.2. The maximum Gasteiger partial charge on any atom is 0.306 e. The summed E-state index contributed by atoms with van der Waals surface area (Å²) in [6.07, 6.45) is 63.3. The van der Waals surface area contributed by atoms with E-state index in [2.05, 4.69) is 74.6 Å². The third-order valence-electron chi connectivity index (χ3n) is 10.6. The zero-order valence-corrected chi connectivity index (χ0v) is 37.6. The van der Waals surface area contributed by atoms with E-state index in [4.69, 9.17) is 9.47 Å². The van der Waals surface area contributed by atoms with Gasteiger partial charge in [0.05, 0.1) is 6.61 Å². The number of allylic oxidation sites excluding steroid dienone is 10. The van der Waals surface area contributed by atoms with Gasteiger partial charge in [0.15, 0.2) is 6.10 Å². The highest BCUT2D eigenvalue weighted by Crippen LogP contribution is 2.16. The van der Waals surface area contributed by atoms with Crippen LogP contribution in [-0.4, -0.2) is 36.4 Å². The highest BCUT2D eigenvalue weighted by molar-refractivity contribution is 5.70. The Labute approximate surface area is 353 Å². The number of carbonyl (C=O) groups excluding carboxylic acids is 2. The molecule has 0 aromatic heterocycles. The van der Waals surface area contributed by atoms with Gasteiger partial charge in [-0.2, -0.15) is 0 Å². The molecule has 0 aliphatic carbocycles. The second-order valence-corrected chi connectivity index (χ2v) is 16.2. The Balaban J connectivity index is 3.44. The first-order valence-electron chi connectivity index (χ1n) is 24.3. The highest BCUT2D eigenvalue weighted by atomic mass is 16.6. The van der Waals surface area contributed by atoms with Gasteiger partial charge in [0, 0.05) is 12.8 Å². The molecule has 1 unspecified atom stereocenters. The van der Waals surface area contributed by atoms with E-state index in [-0.39, 0.29) is 25.2 Å². The van der Waals surface area contributed by atoms with Crippen molar-refractivity contribution in [2.24, 2.45) is 0 Å². The van der Waals surface area contributed by atoms with Crippen LogP contribution in [0, 0.1) is 0 Å². The van der Waals surface area contributed by atoms with Crippen molar-refractivity contribution < 1.29 is 24.2 Å². The third-order valence-corrected chi connectivity index (χ3v) is 10.6. The van der Waals surface area contributed by atoms with E-state index in [0.29, 0.717) is 12.8 Å². The summed E-state index contributed by atoms with van der Waals surface area (Å²) in [5.74, 6) is -0.585. The molecule has 0 heterocycles. The van der Waals surface area contributed by atoms with Gasteiger partial charge in [-0.1, -0.05) is 229 Å². The second kappa shape index (κ2) is 48.0. The van der Waals surface area contributed by atoms with E-state index in [0.717, 1.165) is 70.6 Å². The van der Waals surface area contributed by atoms with Crippen LogP contribution in [0.25, 0.3) is 0 Å². The Bertz CT molecular complexity index is 992. The van der Waals surface area contributed by atoms with Crippen molar-refractivity contribution in [2.45, 2.75) is 245 Å². The Hall–Kier alpha value is -2.40. The van der Waals surface area contributed by atoms with E-state index in [9.17, 15) is 14.7 Å². The van der Waals surface area contributed by atoms with E-state index in [1.54, 1.807) is 0 Å². The first-order chi connectivity index (χ1) is 28.1. The van der Waals surface area contributed by atoms with Gasteiger partial charge in [-0.3, -0.25) is 9.59 Å². The van der Waals surface area contributed by atoms with Crippen LogP contribution in [0.15, 0.2) is 60.8 Å².